The first-order valence-electron chi connectivity index (χ1n) is 8.40. The molecule has 0 saturated carbocycles. The number of ether oxygens (including phenoxy) is 1. The first kappa shape index (κ1) is 16.8. The maximum absolute atomic E-state index is 12.7. The highest BCUT2D eigenvalue weighted by Gasteiger charge is 2.31. The Morgan fingerprint density at radius 1 is 0.962 bits per heavy atom. The molecule has 1 aliphatic heterocycles. The van der Waals surface area contributed by atoms with Crippen LogP contribution in [-0.4, -0.2) is 24.7 Å². The van der Waals surface area contributed by atoms with Crippen molar-refractivity contribution in [3.63, 3.8) is 0 Å². The molecule has 1 saturated heterocycles. The van der Waals surface area contributed by atoms with Gasteiger partial charge in [-0.05, 0) is 35.9 Å². The Hall–Kier alpha value is -2.60. The summed E-state index contributed by atoms with van der Waals surface area (Å²) < 4.78 is 44.0. The summed E-state index contributed by atoms with van der Waals surface area (Å²) in [5.41, 5.74) is 1.01. The number of morpholine rings is 1. The summed E-state index contributed by atoms with van der Waals surface area (Å²) in [6, 6.07) is 17.1. The molecule has 0 aliphatic carbocycles. The number of fused-ring (bicyclic) bond motifs is 1. The Labute approximate surface area is 149 Å². The summed E-state index contributed by atoms with van der Waals surface area (Å²) >= 11 is 0. The normalized spacial score (nSPS) is 18.3. The van der Waals surface area contributed by atoms with Crippen molar-refractivity contribution >= 4 is 16.7 Å². The van der Waals surface area contributed by atoms with Gasteiger partial charge in [-0.25, -0.2) is 4.98 Å². The smallest absolute Gasteiger partial charge is 0.370 e. The minimum Gasteiger partial charge on any atom is -0.370 e. The third kappa shape index (κ3) is 3.37. The monoisotopic (exact) mass is 358 g/mol. The zero-order chi connectivity index (χ0) is 18.1. The van der Waals surface area contributed by atoms with E-state index in [0.717, 1.165) is 34.4 Å². The molecule has 4 rings (SSSR count). The predicted octanol–water partition coefficient (Wildman–Crippen LogP) is 4.83. The number of nitrogens with zero attached hydrogens (tertiary/aromatic N) is 2. The molecule has 2 heterocycles. The predicted molar refractivity (Wildman–Crippen MR) is 94.1 cm³/mol. The van der Waals surface area contributed by atoms with Gasteiger partial charge in [0.25, 0.3) is 0 Å². The largest absolute Gasteiger partial charge is 0.416 e. The van der Waals surface area contributed by atoms with Crippen LogP contribution in [0.3, 0.4) is 0 Å². The molecule has 0 bridgehead atoms. The molecule has 0 radical (unpaired) electrons. The van der Waals surface area contributed by atoms with Crippen molar-refractivity contribution in [3.8, 4) is 0 Å². The number of hydrogen-bond acceptors (Lipinski definition) is 3. The van der Waals surface area contributed by atoms with Gasteiger partial charge in [0.05, 0.1) is 17.7 Å². The third-order valence-corrected chi connectivity index (χ3v) is 4.58. The first-order valence-corrected chi connectivity index (χ1v) is 8.40. The fourth-order valence-corrected chi connectivity index (χ4v) is 3.18. The van der Waals surface area contributed by atoms with E-state index in [1.54, 1.807) is 0 Å². The Balaban J connectivity index is 1.55. The molecular formula is C20H17F3N2O. The number of halogens is 3. The summed E-state index contributed by atoms with van der Waals surface area (Å²) in [7, 11) is 0. The average molecular weight is 358 g/mol. The number of hydrogen-bond donors (Lipinski definition) is 0. The summed E-state index contributed by atoms with van der Waals surface area (Å²) in [5.74, 6) is 0.851. The van der Waals surface area contributed by atoms with Crippen molar-refractivity contribution in [2.45, 2.75) is 12.3 Å². The van der Waals surface area contributed by atoms with Gasteiger partial charge < -0.3 is 9.64 Å². The second kappa shape index (κ2) is 6.61. The van der Waals surface area contributed by atoms with E-state index in [1.807, 2.05) is 36.4 Å². The van der Waals surface area contributed by atoms with Crippen molar-refractivity contribution in [2.24, 2.45) is 0 Å². The highest BCUT2D eigenvalue weighted by atomic mass is 19.4. The first-order chi connectivity index (χ1) is 12.5. The van der Waals surface area contributed by atoms with E-state index >= 15 is 0 Å². The van der Waals surface area contributed by atoms with E-state index in [9.17, 15) is 13.2 Å². The lowest BCUT2D eigenvalue weighted by atomic mass is 10.1. The van der Waals surface area contributed by atoms with Crippen LogP contribution in [0.4, 0.5) is 19.0 Å². The number of anilines is 1. The van der Waals surface area contributed by atoms with Crippen LogP contribution in [-0.2, 0) is 10.9 Å². The van der Waals surface area contributed by atoms with E-state index in [2.05, 4.69) is 4.90 Å². The molecule has 6 heteroatoms. The summed E-state index contributed by atoms with van der Waals surface area (Å²) in [6.07, 6.45) is -4.60. The van der Waals surface area contributed by atoms with Gasteiger partial charge in [-0.2, -0.15) is 13.2 Å². The molecule has 0 spiro atoms. The zero-order valence-electron chi connectivity index (χ0n) is 13.9. The van der Waals surface area contributed by atoms with Gasteiger partial charge in [-0.3, -0.25) is 0 Å². The summed E-state index contributed by atoms with van der Waals surface area (Å²) in [6.45, 7) is 1.75. The van der Waals surface area contributed by atoms with Crippen LogP contribution in [0.1, 0.15) is 17.2 Å². The molecule has 0 amide bonds. The van der Waals surface area contributed by atoms with E-state index in [-0.39, 0.29) is 6.10 Å². The molecule has 1 aliphatic rings. The van der Waals surface area contributed by atoms with Crippen LogP contribution in [0.5, 0.6) is 0 Å². The van der Waals surface area contributed by atoms with Crippen molar-refractivity contribution in [3.05, 3.63) is 71.8 Å². The number of para-hydroxylation sites is 1. The highest BCUT2D eigenvalue weighted by Crippen LogP contribution is 2.31. The fourth-order valence-electron chi connectivity index (χ4n) is 3.18. The van der Waals surface area contributed by atoms with Gasteiger partial charge in [0.15, 0.2) is 0 Å². The molecule has 0 N–H and O–H groups in total. The Kier molecular flexibility index (Phi) is 4.28. The lowest BCUT2D eigenvalue weighted by molar-refractivity contribution is -0.137. The van der Waals surface area contributed by atoms with Crippen LogP contribution in [0, 0.1) is 0 Å². The van der Waals surface area contributed by atoms with Crippen LogP contribution >= 0.6 is 0 Å². The van der Waals surface area contributed by atoms with Gasteiger partial charge in [-0.1, -0.05) is 30.3 Å². The second-order valence-corrected chi connectivity index (χ2v) is 6.29. The van der Waals surface area contributed by atoms with Gasteiger partial charge >= 0.3 is 6.18 Å². The number of benzene rings is 2. The Morgan fingerprint density at radius 2 is 1.73 bits per heavy atom. The van der Waals surface area contributed by atoms with Gasteiger partial charge in [0.1, 0.15) is 11.9 Å². The van der Waals surface area contributed by atoms with Crippen LogP contribution in [0.25, 0.3) is 10.9 Å². The van der Waals surface area contributed by atoms with E-state index < -0.39 is 11.7 Å². The summed E-state index contributed by atoms with van der Waals surface area (Å²) in [4.78, 5) is 6.80. The van der Waals surface area contributed by atoms with Gasteiger partial charge in [0.2, 0.25) is 0 Å². The van der Waals surface area contributed by atoms with Crippen molar-refractivity contribution in [2.75, 3.05) is 24.6 Å². The van der Waals surface area contributed by atoms with Gasteiger partial charge in [0, 0.05) is 18.5 Å². The van der Waals surface area contributed by atoms with Crippen LogP contribution in [0.15, 0.2) is 60.7 Å². The maximum atomic E-state index is 12.7. The second-order valence-electron chi connectivity index (χ2n) is 6.29. The molecule has 3 aromatic rings. The van der Waals surface area contributed by atoms with E-state index in [0.29, 0.717) is 19.7 Å². The van der Waals surface area contributed by atoms with Crippen LogP contribution in [0.2, 0.25) is 0 Å². The minimum atomic E-state index is -4.33. The van der Waals surface area contributed by atoms with Crippen molar-refractivity contribution < 1.29 is 17.9 Å². The number of rotatable bonds is 2. The standard InChI is InChI=1S/C20H17F3N2O/c21-20(22,23)16-8-5-15(6-9-16)18-13-25(11-12-26-18)19-10-7-14-3-1-2-4-17(14)24-19/h1-10,18H,11-13H2. The summed E-state index contributed by atoms with van der Waals surface area (Å²) in [5, 5.41) is 1.07. The molecule has 1 fully saturated rings. The van der Waals surface area contributed by atoms with E-state index in [4.69, 9.17) is 9.72 Å². The molecule has 26 heavy (non-hydrogen) atoms. The average Bonchev–Trinajstić information content (AvgIpc) is 2.67. The molecule has 1 aromatic heterocycles. The molecule has 1 atom stereocenters. The topological polar surface area (TPSA) is 25.4 Å². The van der Waals surface area contributed by atoms with Crippen molar-refractivity contribution in [1.29, 1.82) is 0 Å². The third-order valence-electron chi connectivity index (χ3n) is 4.58. The lowest BCUT2D eigenvalue weighted by Gasteiger charge is -2.34. The Morgan fingerprint density at radius 3 is 2.50 bits per heavy atom. The maximum Gasteiger partial charge on any atom is 0.416 e. The highest BCUT2D eigenvalue weighted by molar-refractivity contribution is 5.80. The minimum absolute atomic E-state index is 0.278. The zero-order valence-corrected chi connectivity index (χ0v) is 13.9. The Bertz CT molecular complexity index is 909. The van der Waals surface area contributed by atoms with E-state index in [1.165, 1.54) is 12.1 Å². The number of aromatic nitrogens is 1. The number of pyridine rings is 1. The molecular weight excluding hydrogens is 341 g/mol. The molecule has 134 valence electrons. The van der Waals surface area contributed by atoms with Gasteiger partial charge in [-0.15, -0.1) is 0 Å². The molecule has 2 aromatic carbocycles. The SMILES string of the molecule is FC(F)(F)c1ccc(C2CN(c3ccc4ccccc4n3)CCO2)cc1. The number of alkyl halides is 3. The quantitative estimate of drug-likeness (QED) is 0.656. The van der Waals surface area contributed by atoms with Crippen LogP contribution < -0.4 is 4.90 Å². The molecule has 3 nitrogen and oxygen atoms in total. The fraction of sp³-hybridized carbons (Fsp3) is 0.250. The van der Waals surface area contributed by atoms with Crippen molar-refractivity contribution in [1.82, 2.24) is 4.98 Å². The lowest BCUT2D eigenvalue weighted by Crippen LogP contribution is -2.38. The molecule has 1 unspecified atom stereocenters.